The summed E-state index contributed by atoms with van der Waals surface area (Å²) < 4.78 is 4.62. The van der Waals surface area contributed by atoms with E-state index < -0.39 is 0 Å². The fourth-order valence-electron chi connectivity index (χ4n) is 10.3. The second-order valence-electron chi connectivity index (χ2n) is 16.6. The Kier molecular flexibility index (Phi) is 6.48. The Bertz CT molecular complexity index is 3760. The molecule has 59 heavy (non-hydrogen) atoms. The Morgan fingerprint density at radius 1 is 0.407 bits per heavy atom. The third-order valence-electron chi connectivity index (χ3n) is 13.1. The van der Waals surface area contributed by atoms with Crippen LogP contribution in [-0.2, 0) is 5.41 Å². The van der Waals surface area contributed by atoms with Gasteiger partial charge < -0.3 is 0 Å². The number of nitrogens with zero attached hydrogens (tertiary/aromatic N) is 4. The maximum absolute atomic E-state index is 5.46. The van der Waals surface area contributed by atoms with Crippen LogP contribution in [0.15, 0.2) is 182 Å². The van der Waals surface area contributed by atoms with Gasteiger partial charge in [-0.1, -0.05) is 147 Å². The molecule has 276 valence electrons. The lowest BCUT2D eigenvalue weighted by molar-refractivity contribution is 0.661. The molecular formula is C55H36N4. The lowest BCUT2D eigenvalue weighted by atomic mass is 9.80. The first-order valence-electron chi connectivity index (χ1n) is 20.4. The molecule has 3 heterocycles. The molecule has 0 unspecified atom stereocenters. The van der Waals surface area contributed by atoms with Crippen molar-refractivity contribution in [2.75, 3.05) is 0 Å². The molecule has 4 nitrogen and oxygen atoms in total. The Labute approximate surface area is 340 Å². The van der Waals surface area contributed by atoms with Crippen molar-refractivity contribution in [3.8, 4) is 39.3 Å². The van der Waals surface area contributed by atoms with E-state index in [1.807, 2.05) is 0 Å². The van der Waals surface area contributed by atoms with Crippen LogP contribution in [0, 0.1) is 0 Å². The van der Waals surface area contributed by atoms with Crippen molar-refractivity contribution in [3.63, 3.8) is 0 Å². The number of hydrogen-bond acceptors (Lipinski definition) is 2. The fourth-order valence-corrected chi connectivity index (χ4v) is 10.3. The molecule has 0 radical (unpaired) electrons. The van der Waals surface area contributed by atoms with Gasteiger partial charge in [-0.2, -0.15) is 0 Å². The van der Waals surface area contributed by atoms with Crippen LogP contribution in [0.25, 0.3) is 110 Å². The first-order chi connectivity index (χ1) is 29.0. The van der Waals surface area contributed by atoms with Gasteiger partial charge in [0.1, 0.15) is 5.65 Å². The molecule has 0 aliphatic heterocycles. The van der Waals surface area contributed by atoms with Crippen LogP contribution in [0.1, 0.15) is 25.0 Å². The van der Waals surface area contributed by atoms with Crippen LogP contribution < -0.4 is 0 Å². The zero-order chi connectivity index (χ0) is 39.0. The topological polar surface area (TPSA) is 35.1 Å². The highest BCUT2D eigenvalue weighted by Gasteiger charge is 2.36. The molecule has 0 bridgehead atoms. The Hall–Kier alpha value is -7.56. The number of hydrogen-bond donors (Lipinski definition) is 0. The Morgan fingerprint density at radius 3 is 1.78 bits per heavy atom. The van der Waals surface area contributed by atoms with E-state index in [9.17, 15) is 0 Å². The standard InChI is InChI=1S/C55H36N4/c1-55(2)46-30-34(37-21-13-15-33-14-3-4-16-36(33)37)26-28-39(46)40-29-27-35(31-47(40)55)44-32-45-41-18-8-11-24-50(41)58(52(45)42-19-6-5-17-38(42)44)54-57-48-22-9-7-20-43(48)53-56-49-23-10-12-25-51(49)59(53)54/h3-32H,1-2H3. The average Bonchev–Trinajstić information content (AvgIpc) is 3.91. The van der Waals surface area contributed by atoms with Crippen molar-refractivity contribution < 1.29 is 0 Å². The minimum atomic E-state index is -0.183. The van der Waals surface area contributed by atoms with Gasteiger partial charge in [0.15, 0.2) is 0 Å². The zero-order valence-electron chi connectivity index (χ0n) is 32.6. The second kappa shape index (κ2) is 11.7. The maximum atomic E-state index is 5.46. The molecule has 1 aliphatic rings. The lowest BCUT2D eigenvalue weighted by Gasteiger charge is -2.23. The van der Waals surface area contributed by atoms with Crippen molar-refractivity contribution in [2.45, 2.75) is 19.3 Å². The summed E-state index contributed by atoms with van der Waals surface area (Å²) >= 11 is 0. The van der Waals surface area contributed by atoms with E-state index in [1.165, 1.54) is 76.8 Å². The van der Waals surface area contributed by atoms with E-state index in [0.717, 1.165) is 44.6 Å². The number of benzene rings is 9. The molecule has 0 fully saturated rings. The summed E-state index contributed by atoms with van der Waals surface area (Å²) in [4.78, 5) is 10.6. The molecule has 0 atom stereocenters. The molecule has 0 amide bonds. The van der Waals surface area contributed by atoms with Gasteiger partial charge in [0.05, 0.1) is 27.6 Å². The van der Waals surface area contributed by atoms with Crippen molar-refractivity contribution in [1.29, 1.82) is 0 Å². The van der Waals surface area contributed by atoms with Gasteiger partial charge in [-0.25, -0.2) is 9.97 Å². The predicted molar refractivity (Wildman–Crippen MR) is 246 cm³/mol. The van der Waals surface area contributed by atoms with E-state index in [-0.39, 0.29) is 5.41 Å². The largest absolute Gasteiger partial charge is 0.278 e. The maximum Gasteiger partial charge on any atom is 0.221 e. The van der Waals surface area contributed by atoms with Gasteiger partial charge in [-0.15, -0.1) is 0 Å². The van der Waals surface area contributed by atoms with Crippen molar-refractivity contribution in [1.82, 2.24) is 18.9 Å². The van der Waals surface area contributed by atoms with Crippen molar-refractivity contribution in [3.05, 3.63) is 193 Å². The zero-order valence-corrected chi connectivity index (χ0v) is 32.6. The number of para-hydroxylation sites is 4. The molecule has 4 heteroatoms. The van der Waals surface area contributed by atoms with Gasteiger partial charge >= 0.3 is 0 Å². The molecule has 0 N–H and O–H groups in total. The van der Waals surface area contributed by atoms with E-state index in [2.05, 4.69) is 205 Å². The summed E-state index contributed by atoms with van der Waals surface area (Å²) in [6.07, 6.45) is 0. The quantitative estimate of drug-likeness (QED) is 0.180. The monoisotopic (exact) mass is 752 g/mol. The van der Waals surface area contributed by atoms with Gasteiger partial charge in [-0.3, -0.25) is 8.97 Å². The van der Waals surface area contributed by atoms with Crippen LogP contribution in [0.5, 0.6) is 0 Å². The van der Waals surface area contributed by atoms with Gasteiger partial charge in [-0.05, 0) is 109 Å². The summed E-state index contributed by atoms with van der Waals surface area (Å²) in [5.74, 6) is 0.830. The normalized spacial score (nSPS) is 13.4. The molecular weight excluding hydrogens is 717 g/mol. The molecule has 0 spiro atoms. The second-order valence-corrected chi connectivity index (χ2v) is 16.6. The predicted octanol–water partition coefficient (Wildman–Crippen LogP) is 14.1. The van der Waals surface area contributed by atoms with Crippen LogP contribution in [0.2, 0.25) is 0 Å². The SMILES string of the molecule is CC1(C)c2cc(-c3cccc4ccccc34)ccc2-c2ccc(-c3cc4c5ccccc5n(-c5nc6ccccc6c6nc7ccccc7n56)c4c4ccccc34)cc21. The molecule has 0 saturated carbocycles. The molecule has 12 aromatic rings. The third-order valence-corrected chi connectivity index (χ3v) is 13.1. The van der Waals surface area contributed by atoms with E-state index in [4.69, 9.17) is 9.97 Å². The fraction of sp³-hybridized carbons (Fsp3) is 0.0545. The van der Waals surface area contributed by atoms with Crippen LogP contribution in [0.3, 0.4) is 0 Å². The van der Waals surface area contributed by atoms with Crippen LogP contribution in [0.4, 0.5) is 0 Å². The highest BCUT2D eigenvalue weighted by Crippen LogP contribution is 2.52. The third kappa shape index (κ3) is 4.43. The number of aromatic nitrogens is 4. The summed E-state index contributed by atoms with van der Waals surface area (Å²) in [5, 5.41) is 8.37. The van der Waals surface area contributed by atoms with Gasteiger partial charge in [0.25, 0.3) is 0 Å². The lowest BCUT2D eigenvalue weighted by Crippen LogP contribution is -2.15. The Morgan fingerprint density at radius 2 is 1.00 bits per heavy atom. The summed E-state index contributed by atoms with van der Waals surface area (Å²) in [7, 11) is 0. The minimum Gasteiger partial charge on any atom is -0.278 e. The van der Waals surface area contributed by atoms with E-state index in [0.29, 0.717) is 0 Å². The smallest absolute Gasteiger partial charge is 0.221 e. The van der Waals surface area contributed by atoms with E-state index >= 15 is 0 Å². The summed E-state index contributed by atoms with van der Waals surface area (Å²) in [6.45, 7) is 4.78. The molecule has 9 aromatic carbocycles. The van der Waals surface area contributed by atoms with Crippen LogP contribution >= 0.6 is 0 Å². The molecule has 3 aromatic heterocycles. The van der Waals surface area contributed by atoms with Crippen LogP contribution in [-0.4, -0.2) is 18.9 Å². The average molecular weight is 753 g/mol. The molecule has 0 saturated heterocycles. The number of fused-ring (bicyclic) bond motifs is 14. The number of imidazole rings is 1. The highest BCUT2D eigenvalue weighted by atomic mass is 15.2. The summed E-state index contributed by atoms with van der Waals surface area (Å²) in [5.41, 5.74) is 16.2. The Balaban J connectivity index is 1.04. The first-order valence-corrected chi connectivity index (χ1v) is 20.4. The highest BCUT2D eigenvalue weighted by molar-refractivity contribution is 6.22. The summed E-state index contributed by atoms with van der Waals surface area (Å²) in [6, 6.07) is 66.4. The molecule has 1 aliphatic carbocycles. The first kappa shape index (κ1) is 32.5. The number of rotatable bonds is 3. The molecule has 13 rings (SSSR count). The van der Waals surface area contributed by atoms with Crippen molar-refractivity contribution >= 4 is 70.9 Å². The van der Waals surface area contributed by atoms with Gasteiger partial charge in [0, 0.05) is 27.0 Å². The minimum absolute atomic E-state index is 0.183. The van der Waals surface area contributed by atoms with E-state index in [1.54, 1.807) is 0 Å². The van der Waals surface area contributed by atoms with Crippen molar-refractivity contribution in [2.24, 2.45) is 0 Å². The van der Waals surface area contributed by atoms with Gasteiger partial charge in [0.2, 0.25) is 5.95 Å².